The minimum absolute atomic E-state index is 0.0702. The van der Waals surface area contributed by atoms with Crippen molar-refractivity contribution < 1.29 is 9.32 Å². The number of nitrogens with zero attached hydrogens (tertiary/aromatic N) is 2. The zero-order valence-corrected chi connectivity index (χ0v) is 9.28. The molecule has 2 rings (SSSR count). The third kappa shape index (κ3) is 2.15. The van der Waals surface area contributed by atoms with Crippen LogP contribution in [-0.4, -0.2) is 34.4 Å². The highest BCUT2D eigenvalue weighted by atomic mass is 35.5. The van der Waals surface area contributed by atoms with Gasteiger partial charge in [-0.15, -0.1) is 11.6 Å². The van der Waals surface area contributed by atoms with E-state index >= 15 is 0 Å². The summed E-state index contributed by atoms with van der Waals surface area (Å²) in [6.45, 7) is 3.45. The van der Waals surface area contributed by atoms with Gasteiger partial charge in [0, 0.05) is 24.5 Å². The topological polar surface area (TPSA) is 46.3 Å². The summed E-state index contributed by atoms with van der Waals surface area (Å²) in [6, 6.07) is 1.58. The molecule has 15 heavy (non-hydrogen) atoms. The van der Waals surface area contributed by atoms with E-state index in [0.29, 0.717) is 24.7 Å². The lowest BCUT2D eigenvalue weighted by atomic mass is 9.99. The second-order valence-electron chi connectivity index (χ2n) is 3.92. The summed E-state index contributed by atoms with van der Waals surface area (Å²) in [5.41, 5.74) is 0.371. The first-order valence-electron chi connectivity index (χ1n) is 5.02. The number of carbonyl (C=O) groups excluding carboxylic acids is 1. The predicted octanol–water partition coefficient (Wildman–Crippen LogP) is 1.76. The molecule has 1 aliphatic rings. The molecule has 0 aliphatic carbocycles. The lowest BCUT2D eigenvalue weighted by Crippen LogP contribution is -2.43. The number of hydrogen-bond acceptors (Lipinski definition) is 3. The van der Waals surface area contributed by atoms with Gasteiger partial charge in [-0.25, -0.2) is 0 Å². The molecule has 2 unspecified atom stereocenters. The Morgan fingerprint density at radius 1 is 1.73 bits per heavy atom. The molecule has 0 aromatic carbocycles. The van der Waals surface area contributed by atoms with Crippen LogP contribution in [0.1, 0.15) is 23.8 Å². The van der Waals surface area contributed by atoms with Crippen LogP contribution in [0.3, 0.4) is 0 Å². The van der Waals surface area contributed by atoms with Crippen LogP contribution in [0.4, 0.5) is 0 Å². The molecule has 0 bridgehead atoms. The molecule has 2 heterocycles. The van der Waals surface area contributed by atoms with Gasteiger partial charge >= 0.3 is 0 Å². The van der Waals surface area contributed by atoms with E-state index < -0.39 is 0 Å². The predicted molar refractivity (Wildman–Crippen MR) is 55.8 cm³/mol. The zero-order valence-electron chi connectivity index (χ0n) is 8.52. The molecular weight excluding hydrogens is 216 g/mol. The molecule has 1 aliphatic heterocycles. The van der Waals surface area contributed by atoms with Crippen molar-refractivity contribution in [3.63, 3.8) is 0 Å². The summed E-state index contributed by atoms with van der Waals surface area (Å²) in [5, 5.41) is 3.81. The van der Waals surface area contributed by atoms with Crippen LogP contribution < -0.4 is 0 Å². The maximum absolute atomic E-state index is 11.9. The summed E-state index contributed by atoms with van der Waals surface area (Å²) >= 11 is 6.09. The molecule has 1 aromatic heterocycles. The van der Waals surface area contributed by atoms with Crippen molar-refractivity contribution in [1.82, 2.24) is 10.1 Å². The van der Waals surface area contributed by atoms with Gasteiger partial charge < -0.3 is 9.42 Å². The van der Waals surface area contributed by atoms with Gasteiger partial charge in [0.15, 0.2) is 5.69 Å². The van der Waals surface area contributed by atoms with E-state index in [9.17, 15) is 4.79 Å². The Labute approximate surface area is 93.2 Å². The number of piperidine rings is 1. The maximum atomic E-state index is 11.9. The quantitative estimate of drug-likeness (QED) is 0.689. The number of alkyl halides is 1. The van der Waals surface area contributed by atoms with Gasteiger partial charge in [-0.1, -0.05) is 12.1 Å². The van der Waals surface area contributed by atoms with Gasteiger partial charge in [0.25, 0.3) is 5.91 Å². The van der Waals surface area contributed by atoms with Crippen LogP contribution in [0.5, 0.6) is 0 Å². The Bertz CT molecular complexity index is 339. The van der Waals surface area contributed by atoms with Crippen LogP contribution >= 0.6 is 11.6 Å². The number of halogens is 1. The van der Waals surface area contributed by atoms with Crippen molar-refractivity contribution >= 4 is 17.5 Å². The number of carbonyl (C=O) groups is 1. The first kappa shape index (κ1) is 10.5. The van der Waals surface area contributed by atoms with Crippen molar-refractivity contribution in [3.05, 3.63) is 18.0 Å². The van der Waals surface area contributed by atoms with Gasteiger partial charge in [-0.05, 0) is 12.3 Å². The van der Waals surface area contributed by atoms with Crippen molar-refractivity contribution in [2.45, 2.75) is 18.7 Å². The second kappa shape index (κ2) is 4.23. The normalized spacial score (nSPS) is 26.7. The third-order valence-corrected chi connectivity index (χ3v) is 3.39. The van der Waals surface area contributed by atoms with Gasteiger partial charge in [-0.2, -0.15) is 0 Å². The summed E-state index contributed by atoms with van der Waals surface area (Å²) in [4.78, 5) is 13.7. The van der Waals surface area contributed by atoms with Crippen molar-refractivity contribution in [2.24, 2.45) is 5.92 Å². The summed E-state index contributed by atoms with van der Waals surface area (Å²) in [5.74, 6) is 0.260. The summed E-state index contributed by atoms with van der Waals surface area (Å²) < 4.78 is 4.65. The van der Waals surface area contributed by atoms with E-state index in [1.165, 1.54) is 6.26 Å². The highest BCUT2D eigenvalue weighted by molar-refractivity contribution is 6.20. The highest BCUT2D eigenvalue weighted by Gasteiger charge is 2.28. The molecule has 5 heteroatoms. The SMILES string of the molecule is CC1CN(C(=O)c2ccon2)CCC1Cl. The monoisotopic (exact) mass is 228 g/mol. The fourth-order valence-electron chi connectivity index (χ4n) is 1.79. The van der Waals surface area contributed by atoms with Gasteiger partial charge in [0.2, 0.25) is 0 Å². The zero-order chi connectivity index (χ0) is 10.8. The highest BCUT2D eigenvalue weighted by Crippen LogP contribution is 2.22. The summed E-state index contributed by atoms with van der Waals surface area (Å²) in [7, 11) is 0. The van der Waals surface area contributed by atoms with Crippen LogP contribution in [0.25, 0.3) is 0 Å². The molecular formula is C10H13ClN2O2. The molecule has 82 valence electrons. The first-order chi connectivity index (χ1) is 7.18. The van der Waals surface area contributed by atoms with Crippen molar-refractivity contribution in [3.8, 4) is 0 Å². The van der Waals surface area contributed by atoms with E-state index in [2.05, 4.69) is 16.6 Å². The molecule has 1 aromatic rings. The number of rotatable bonds is 1. The lowest BCUT2D eigenvalue weighted by molar-refractivity contribution is 0.0676. The number of aromatic nitrogens is 1. The summed E-state index contributed by atoms with van der Waals surface area (Å²) in [6.07, 6.45) is 2.25. The largest absolute Gasteiger partial charge is 0.364 e. The van der Waals surface area contributed by atoms with Gasteiger partial charge in [0.1, 0.15) is 6.26 Å². The Hall–Kier alpha value is -1.03. The van der Waals surface area contributed by atoms with Crippen molar-refractivity contribution in [2.75, 3.05) is 13.1 Å². The minimum Gasteiger partial charge on any atom is -0.364 e. The van der Waals surface area contributed by atoms with E-state index in [-0.39, 0.29) is 11.3 Å². The molecule has 0 radical (unpaired) electrons. The second-order valence-corrected chi connectivity index (χ2v) is 4.48. The first-order valence-corrected chi connectivity index (χ1v) is 5.46. The third-order valence-electron chi connectivity index (χ3n) is 2.74. The van der Waals surface area contributed by atoms with Crippen LogP contribution in [0.2, 0.25) is 0 Å². The Kier molecular flexibility index (Phi) is 2.95. The molecule has 0 saturated carbocycles. The number of hydrogen-bond donors (Lipinski definition) is 0. The minimum atomic E-state index is -0.0702. The Morgan fingerprint density at radius 2 is 2.53 bits per heavy atom. The molecule has 1 fully saturated rings. The fourth-order valence-corrected chi connectivity index (χ4v) is 1.96. The van der Waals surface area contributed by atoms with E-state index in [0.717, 1.165) is 6.42 Å². The standard InChI is InChI=1S/C10H13ClN2O2/c1-7-6-13(4-2-8(7)11)10(14)9-3-5-15-12-9/h3,5,7-8H,2,4,6H2,1H3. The number of amides is 1. The Morgan fingerprint density at radius 3 is 3.13 bits per heavy atom. The van der Waals surface area contributed by atoms with E-state index in [1.807, 2.05) is 0 Å². The molecule has 4 nitrogen and oxygen atoms in total. The molecule has 1 saturated heterocycles. The molecule has 0 spiro atoms. The maximum Gasteiger partial charge on any atom is 0.276 e. The Balaban J connectivity index is 2.03. The smallest absolute Gasteiger partial charge is 0.276 e. The van der Waals surface area contributed by atoms with Crippen LogP contribution in [0.15, 0.2) is 16.9 Å². The fraction of sp³-hybridized carbons (Fsp3) is 0.600. The van der Waals surface area contributed by atoms with Crippen LogP contribution in [-0.2, 0) is 0 Å². The molecule has 0 N–H and O–H groups in total. The lowest BCUT2D eigenvalue weighted by Gasteiger charge is -2.33. The molecule has 2 atom stereocenters. The van der Waals surface area contributed by atoms with Crippen molar-refractivity contribution in [1.29, 1.82) is 0 Å². The van der Waals surface area contributed by atoms with Gasteiger partial charge in [0.05, 0.1) is 0 Å². The van der Waals surface area contributed by atoms with E-state index in [4.69, 9.17) is 11.6 Å². The van der Waals surface area contributed by atoms with Crippen LogP contribution in [0, 0.1) is 5.92 Å². The number of likely N-dealkylation sites (tertiary alicyclic amines) is 1. The average Bonchev–Trinajstić information content (AvgIpc) is 2.74. The molecule has 1 amide bonds. The average molecular weight is 229 g/mol. The van der Waals surface area contributed by atoms with E-state index in [1.54, 1.807) is 11.0 Å². The van der Waals surface area contributed by atoms with Gasteiger partial charge in [-0.3, -0.25) is 4.79 Å².